The van der Waals surface area contributed by atoms with Crippen molar-refractivity contribution in [3.8, 4) is 28.7 Å². The van der Waals surface area contributed by atoms with Crippen LogP contribution in [0.15, 0.2) is 64.2 Å². The van der Waals surface area contributed by atoms with Crippen LogP contribution in [-0.2, 0) is 0 Å². The lowest BCUT2D eigenvalue weighted by Gasteiger charge is -2.11. The van der Waals surface area contributed by atoms with Gasteiger partial charge in [-0.25, -0.2) is 10.2 Å². The second-order valence-corrected chi connectivity index (χ2v) is 7.83. The Labute approximate surface area is 210 Å². The van der Waals surface area contributed by atoms with E-state index in [0.717, 1.165) is 4.47 Å². The van der Waals surface area contributed by atoms with Gasteiger partial charge in [-0.1, -0.05) is 15.9 Å². The molecule has 9 nitrogen and oxygen atoms in total. The average molecular weight is 543 g/mol. The number of hydrazone groups is 1. The molecule has 0 aliphatic carbocycles. The van der Waals surface area contributed by atoms with Gasteiger partial charge < -0.3 is 23.7 Å². The Bertz CT molecular complexity index is 1260. The number of carbonyl (C=O) groups is 2. The van der Waals surface area contributed by atoms with Crippen molar-refractivity contribution in [1.29, 1.82) is 0 Å². The number of methoxy groups -OCH3 is 4. The lowest BCUT2D eigenvalue weighted by atomic mass is 10.2. The second-order valence-electron chi connectivity index (χ2n) is 6.91. The van der Waals surface area contributed by atoms with Crippen LogP contribution in [0.4, 0.5) is 0 Å². The van der Waals surface area contributed by atoms with E-state index < -0.39 is 11.9 Å². The van der Waals surface area contributed by atoms with Crippen LogP contribution >= 0.6 is 15.9 Å². The van der Waals surface area contributed by atoms with Crippen molar-refractivity contribution in [2.45, 2.75) is 0 Å². The first kappa shape index (κ1) is 25.6. The van der Waals surface area contributed by atoms with Crippen molar-refractivity contribution in [3.63, 3.8) is 0 Å². The highest BCUT2D eigenvalue weighted by Gasteiger charge is 2.15. The Morgan fingerprint density at radius 1 is 0.743 bits per heavy atom. The summed E-state index contributed by atoms with van der Waals surface area (Å²) in [6, 6.07) is 14.5. The summed E-state index contributed by atoms with van der Waals surface area (Å²) >= 11 is 3.38. The van der Waals surface area contributed by atoms with E-state index in [-0.39, 0.29) is 11.3 Å². The van der Waals surface area contributed by atoms with E-state index in [0.29, 0.717) is 34.1 Å². The summed E-state index contributed by atoms with van der Waals surface area (Å²) in [6.07, 6.45) is 1.38. The number of amides is 1. The summed E-state index contributed by atoms with van der Waals surface area (Å²) in [5.41, 5.74) is 3.50. The monoisotopic (exact) mass is 542 g/mol. The normalized spacial score (nSPS) is 10.5. The van der Waals surface area contributed by atoms with E-state index >= 15 is 0 Å². The fraction of sp³-hybridized carbons (Fsp3) is 0.160. The van der Waals surface area contributed by atoms with Crippen molar-refractivity contribution < 1.29 is 33.3 Å². The van der Waals surface area contributed by atoms with Crippen LogP contribution in [0.1, 0.15) is 26.3 Å². The molecule has 0 atom stereocenters. The van der Waals surface area contributed by atoms with Crippen LogP contribution < -0.4 is 29.1 Å². The van der Waals surface area contributed by atoms with E-state index in [1.54, 1.807) is 48.5 Å². The van der Waals surface area contributed by atoms with Gasteiger partial charge in [0.15, 0.2) is 23.0 Å². The van der Waals surface area contributed by atoms with Gasteiger partial charge in [0.05, 0.1) is 40.2 Å². The third-order valence-corrected chi connectivity index (χ3v) is 5.30. The van der Waals surface area contributed by atoms with Crippen molar-refractivity contribution in [1.82, 2.24) is 5.43 Å². The zero-order valence-electron chi connectivity index (χ0n) is 19.5. The van der Waals surface area contributed by atoms with Gasteiger partial charge in [-0.3, -0.25) is 4.79 Å². The first-order valence-electron chi connectivity index (χ1n) is 10.2. The average Bonchev–Trinajstić information content (AvgIpc) is 2.88. The first-order valence-corrected chi connectivity index (χ1v) is 11.0. The molecule has 0 radical (unpaired) electrons. The minimum Gasteiger partial charge on any atom is -0.493 e. The molecule has 3 rings (SSSR count). The molecule has 0 spiro atoms. The zero-order chi connectivity index (χ0) is 25.4. The largest absolute Gasteiger partial charge is 0.493 e. The van der Waals surface area contributed by atoms with Gasteiger partial charge in [-0.05, 0) is 54.6 Å². The maximum absolute atomic E-state index is 12.7. The third-order valence-electron chi connectivity index (χ3n) is 4.81. The van der Waals surface area contributed by atoms with Gasteiger partial charge in [0.25, 0.3) is 5.91 Å². The highest BCUT2D eigenvalue weighted by molar-refractivity contribution is 9.10. The highest BCUT2D eigenvalue weighted by atomic mass is 79.9. The van der Waals surface area contributed by atoms with Crippen molar-refractivity contribution in [2.24, 2.45) is 5.10 Å². The molecule has 0 saturated carbocycles. The lowest BCUT2D eigenvalue weighted by Crippen LogP contribution is -2.18. The zero-order valence-corrected chi connectivity index (χ0v) is 21.0. The van der Waals surface area contributed by atoms with E-state index in [1.165, 1.54) is 40.7 Å². The van der Waals surface area contributed by atoms with E-state index in [1.807, 2.05) is 0 Å². The van der Waals surface area contributed by atoms with Crippen LogP contribution in [0.2, 0.25) is 0 Å². The SMILES string of the molecule is COc1ccc(C(=O)N/N=C/c2cc(Br)ccc2OC(=O)c2ccc(OC)c(OC)c2)cc1OC. The molecule has 3 aromatic carbocycles. The molecule has 3 aromatic rings. The Balaban J connectivity index is 1.76. The van der Waals surface area contributed by atoms with Crippen LogP contribution in [0.3, 0.4) is 0 Å². The minimum absolute atomic E-state index is 0.247. The van der Waals surface area contributed by atoms with Crippen LogP contribution in [-0.4, -0.2) is 46.5 Å². The second kappa shape index (κ2) is 11.9. The summed E-state index contributed by atoms with van der Waals surface area (Å²) in [5.74, 6) is 1.00. The third kappa shape index (κ3) is 6.30. The van der Waals surface area contributed by atoms with E-state index in [2.05, 4.69) is 26.5 Å². The van der Waals surface area contributed by atoms with E-state index in [9.17, 15) is 9.59 Å². The van der Waals surface area contributed by atoms with Gasteiger partial charge in [0, 0.05) is 15.6 Å². The number of ether oxygens (including phenoxy) is 5. The molecule has 10 heteroatoms. The number of benzene rings is 3. The van der Waals surface area contributed by atoms with Crippen LogP contribution in [0.25, 0.3) is 0 Å². The van der Waals surface area contributed by atoms with Gasteiger partial charge >= 0.3 is 5.97 Å². The molecule has 0 aromatic heterocycles. The summed E-state index contributed by atoms with van der Waals surface area (Å²) < 4.78 is 27.1. The van der Waals surface area contributed by atoms with E-state index in [4.69, 9.17) is 23.7 Å². The van der Waals surface area contributed by atoms with Crippen molar-refractivity contribution >= 4 is 34.0 Å². The Morgan fingerprint density at radius 2 is 1.29 bits per heavy atom. The maximum Gasteiger partial charge on any atom is 0.343 e. The number of esters is 1. The number of rotatable bonds is 9. The standard InChI is InChI=1S/C25H23BrN2O7/c1-31-20-8-5-15(12-22(20)33-3)24(29)28-27-14-17-11-18(26)7-10-19(17)35-25(30)16-6-9-21(32-2)23(13-16)34-4/h5-14H,1-4H3,(H,28,29)/b27-14+. The maximum atomic E-state index is 12.7. The van der Waals surface area contributed by atoms with Gasteiger partial charge in [-0.2, -0.15) is 5.10 Å². The predicted octanol–water partition coefficient (Wildman–Crippen LogP) is 4.47. The molecule has 182 valence electrons. The molecular weight excluding hydrogens is 520 g/mol. The molecular formula is C25H23BrN2O7. The summed E-state index contributed by atoms with van der Waals surface area (Å²) in [5, 5.41) is 4.00. The van der Waals surface area contributed by atoms with Crippen LogP contribution in [0.5, 0.6) is 28.7 Å². The summed E-state index contributed by atoms with van der Waals surface area (Å²) in [6.45, 7) is 0. The molecule has 0 fully saturated rings. The van der Waals surface area contributed by atoms with Gasteiger partial charge in [-0.15, -0.1) is 0 Å². The first-order chi connectivity index (χ1) is 16.9. The quantitative estimate of drug-likeness (QED) is 0.184. The molecule has 1 amide bonds. The molecule has 0 unspecified atom stereocenters. The number of hydrogen-bond acceptors (Lipinski definition) is 8. The minimum atomic E-state index is -0.600. The number of hydrogen-bond donors (Lipinski definition) is 1. The van der Waals surface area contributed by atoms with Crippen molar-refractivity contribution in [2.75, 3.05) is 28.4 Å². The molecule has 0 saturated heterocycles. The Kier molecular flexibility index (Phi) is 8.69. The molecule has 1 N–H and O–H groups in total. The smallest absolute Gasteiger partial charge is 0.343 e. The molecule has 0 aliphatic heterocycles. The Hall–Kier alpha value is -4.05. The van der Waals surface area contributed by atoms with Crippen LogP contribution in [0, 0.1) is 0 Å². The fourth-order valence-electron chi connectivity index (χ4n) is 3.04. The molecule has 0 aliphatic rings. The van der Waals surface area contributed by atoms with Gasteiger partial charge in [0.1, 0.15) is 5.75 Å². The predicted molar refractivity (Wildman–Crippen MR) is 133 cm³/mol. The summed E-state index contributed by atoms with van der Waals surface area (Å²) in [4.78, 5) is 25.2. The lowest BCUT2D eigenvalue weighted by molar-refractivity contribution is 0.0733. The Morgan fingerprint density at radius 3 is 1.89 bits per heavy atom. The highest BCUT2D eigenvalue weighted by Crippen LogP contribution is 2.29. The number of halogens is 1. The molecule has 35 heavy (non-hydrogen) atoms. The summed E-state index contributed by atoms with van der Waals surface area (Å²) in [7, 11) is 5.98. The van der Waals surface area contributed by atoms with Gasteiger partial charge in [0.2, 0.25) is 0 Å². The number of nitrogens with one attached hydrogen (secondary N) is 1. The fourth-order valence-corrected chi connectivity index (χ4v) is 3.42. The number of nitrogens with zero attached hydrogens (tertiary/aromatic N) is 1. The molecule has 0 bridgehead atoms. The topological polar surface area (TPSA) is 105 Å². The van der Waals surface area contributed by atoms with Crippen molar-refractivity contribution in [3.05, 3.63) is 75.8 Å². The molecule has 0 heterocycles. The number of carbonyl (C=O) groups excluding carboxylic acids is 2.